The number of alkyl halides is 1. The maximum atomic E-state index is 12.6. The molecule has 0 spiro atoms. The number of nitrogens with two attached hydrogens (primary N) is 1. The first-order valence-electron chi connectivity index (χ1n) is 7.71. The SMILES string of the molecule is NCCc1c2c(c(SCCF)c3c1OCCC3)OCCC2. The van der Waals surface area contributed by atoms with Crippen LogP contribution < -0.4 is 15.2 Å². The molecule has 2 heterocycles. The van der Waals surface area contributed by atoms with Gasteiger partial charge in [-0.25, -0.2) is 0 Å². The van der Waals surface area contributed by atoms with E-state index in [4.69, 9.17) is 15.2 Å². The van der Waals surface area contributed by atoms with Gasteiger partial charge in [-0.15, -0.1) is 11.8 Å². The Balaban J connectivity index is 2.14. The fourth-order valence-corrected chi connectivity index (χ4v) is 4.16. The molecule has 0 saturated carbocycles. The molecule has 0 radical (unpaired) electrons. The van der Waals surface area contributed by atoms with Gasteiger partial charge in [-0.05, 0) is 38.6 Å². The van der Waals surface area contributed by atoms with Gasteiger partial charge in [0, 0.05) is 22.4 Å². The highest BCUT2D eigenvalue weighted by Crippen LogP contribution is 2.47. The smallest absolute Gasteiger partial charge is 0.136 e. The van der Waals surface area contributed by atoms with Crippen LogP contribution in [0.4, 0.5) is 4.39 Å². The van der Waals surface area contributed by atoms with Crippen molar-refractivity contribution in [3.05, 3.63) is 16.7 Å². The molecule has 0 unspecified atom stereocenters. The van der Waals surface area contributed by atoms with Crippen molar-refractivity contribution in [3.8, 4) is 11.5 Å². The van der Waals surface area contributed by atoms with E-state index in [0.717, 1.165) is 61.7 Å². The zero-order valence-electron chi connectivity index (χ0n) is 12.3. The van der Waals surface area contributed by atoms with E-state index in [1.165, 1.54) is 16.7 Å². The van der Waals surface area contributed by atoms with Gasteiger partial charge in [0.05, 0.1) is 24.8 Å². The fourth-order valence-electron chi connectivity index (χ4n) is 3.20. The maximum Gasteiger partial charge on any atom is 0.136 e. The summed E-state index contributed by atoms with van der Waals surface area (Å²) in [4.78, 5) is 1.11. The van der Waals surface area contributed by atoms with Crippen molar-refractivity contribution < 1.29 is 13.9 Å². The monoisotopic (exact) mass is 311 g/mol. The van der Waals surface area contributed by atoms with Crippen LogP contribution in [0.1, 0.15) is 29.5 Å². The molecular formula is C16H22FNO2S. The summed E-state index contributed by atoms with van der Waals surface area (Å²) in [6.45, 7) is 1.80. The number of ether oxygens (including phenoxy) is 2. The summed E-state index contributed by atoms with van der Waals surface area (Å²) < 4.78 is 24.6. The molecule has 0 bridgehead atoms. The minimum absolute atomic E-state index is 0.320. The summed E-state index contributed by atoms with van der Waals surface area (Å²) in [7, 11) is 0. The minimum Gasteiger partial charge on any atom is -0.493 e. The Morgan fingerprint density at radius 3 is 2.48 bits per heavy atom. The van der Waals surface area contributed by atoms with Crippen molar-refractivity contribution in [1.82, 2.24) is 0 Å². The molecule has 3 nitrogen and oxygen atoms in total. The van der Waals surface area contributed by atoms with Gasteiger partial charge in [0.15, 0.2) is 0 Å². The Labute approximate surface area is 129 Å². The van der Waals surface area contributed by atoms with Crippen molar-refractivity contribution in [2.45, 2.75) is 37.0 Å². The second-order valence-corrected chi connectivity index (χ2v) is 6.51. The second-order valence-electron chi connectivity index (χ2n) is 5.40. The van der Waals surface area contributed by atoms with Gasteiger partial charge in [-0.1, -0.05) is 0 Å². The normalized spacial score (nSPS) is 16.7. The molecule has 3 rings (SSSR count). The van der Waals surface area contributed by atoms with E-state index in [2.05, 4.69) is 0 Å². The number of fused-ring (bicyclic) bond motifs is 2. The van der Waals surface area contributed by atoms with E-state index in [1.807, 2.05) is 0 Å². The molecule has 0 atom stereocenters. The van der Waals surface area contributed by atoms with Gasteiger partial charge in [0.2, 0.25) is 0 Å². The zero-order valence-corrected chi connectivity index (χ0v) is 13.1. The summed E-state index contributed by atoms with van der Waals surface area (Å²) in [6, 6.07) is 0. The lowest BCUT2D eigenvalue weighted by molar-refractivity contribution is 0.261. The Hall–Kier alpha value is -0.940. The van der Waals surface area contributed by atoms with Crippen molar-refractivity contribution in [1.29, 1.82) is 0 Å². The van der Waals surface area contributed by atoms with Crippen molar-refractivity contribution in [2.75, 3.05) is 32.2 Å². The molecule has 2 aliphatic heterocycles. The first-order valence-corrected chi connectivity index (χ1v) is 8.70. The number of benzene rings is 1. The Morgan fingerprint density at radius 2 is 1.76 bits per heavy atom. The quantitative estimate of drug-likeness (QED) is 0.849. The summed E-state index contributed by atoms with van der Waals surface area (Å²) in [5, 5.41) is 0. The van der Waals surface area contributed by atoms with E-state index >= 15 is 0 Å². The molecule has 0 aromatic heterocycles. The predicted molar refractivity (Wildman–Crippen MR) is 83.5 cm³/mol. The number of rotatable bonds is 5. The largest absolute Gasteiger partial charge is 0.493 e. The average Bonchev–Trinajstić information content (AvgIpc) is 2.54. The maximum absolute atomic E-state index is 12.6. The van der Waals surface area contributed by atoms with Gasteiger partial charge in [-0.3, -0.25) is 4.39 Å². The van der Waals surface area contributed by atoms with Gasteiger partial charge < -0.3 is 15.2 Å². The van der Waals surface area contributed by atoms with E-state index < -0.39 is 0 Å². The van der Waals surface area contributed by atoms with Gasteiger partial charge in [0.1, 0.15) is 11.5 Å². The van der Waals surface area contributed by atoms with Crippen LogP contribution in [0.15, 0.2) is 4.90 Å². The lowest BCUT2D eigenvalue weighted by Crippen LogP contribution is -2.20. The van der Waals surface area contributed by atoms with E-state index in [-0.39, 0.29) is 6.67 Å². The lowest BCUT2D eigenvalue weighted by atomic mass is 9.91. The van der Waals surface area contributed by atoms with Crippen LogP contribution in [0.3, 0.4) is 0 Å². The Bertz CT molecular complexity index is 484. The minimum atomic E-state index is -0.320. The van der Waals surface area contributed by atoms with Crippen molar-refractivity contribution >= 4 is 11.8 Å². The lowest BCUT2D eigenvalue weighted by Gasteiger charge is -2.30. The molecule has 116 valence electrons. The third kappa shape index (κ3) is 2.86. The highest BCUT2D eigenvalue weighted by molar-refractivity contribution is 7.99. The van der Waals surface area contributed by atoms with Crippen LogP contribution in [0.25, 0.3) is 0 Å². The molecule has 1 aromatic carbocycles. The molecule has 2 N–H and O–H groups in total. The van der Waals surface area contributed by atoms with Crippen LogP contribution in [0.5, 0.6) is 11.5 Å². The summed E-state index contributed by atoms with van der Waals surface area (Å²) in [5.74, 6) is 2.46. The van der Waals surface area contributed by atoms with E-state index in [1.54, 1.807) is 11.8 Å². The fraction of sp³-hybridized carbons (Fsp3) is 0.625. The average molecular weight is 311 g/mol. The number of hydrogen-bond acceptors (Lipinski definition) is 4. The highest BCUT2D eigenvalue weighted by Gasteiger charge is 2.28. The third-order valence-corrected chi connectivity index (χ3v) is 5.10. The van der Waals surface area contributed by atoms with Crippen LogP contribution in [0, 0.1) is 0 Å². The summed E-state index contributed by atoms with van der Waals surface area (Å²) in [5.41, 5.74) is 9.48. The van der Waals surface area contributed by atoms with Crippen LogP contribution in [-0.2, 0) is 19.3 Å². The van der Waals surface area contributed by atoms with E-state index in [9.17, 15) is 4.39 Å². The van der Waals surface area contributed by atoms with Gasteiger partial charge in [-0.2, -0.15) is 0 Å². The first kappa shape index (κ1) is 15.0. The van der Waals surface area contributed by atoms with Crippen LogP contribution in [0.2, 0.25) is 0 Å². The molecule has 0 saturated heterocycles. The molecule has 0 aliphatic carbocycles. The molecular weight excluding hydrogens is 289 g/mol. The van der Waals surface area contributed by atoms with Crippen LogP contribution >= 0.6 is 11.8 Å². The van der Waals surface area contributed by atoms with Crippen molar-refractivity contribution in [2.24, 2.45) is 5.73 Å². The zero-order chi connectivity index (χ0) is 14.7. The number of halogens is 1. The Kier molecular flexibility index (Phi) is 4.91. The molecule has 0 amide bonds. The topological polar surface area (TPSA) is 44.5 Å². The van der Waals surface area contributed by atoms with Crippen molar-refractivity contribution in [3.63, 3.8) is 0 Å². The molecule has 1 aromatic rings. The second kappa shape index (κ2) is 6.88. The standard InChI is InChI=1S/C16H22FNO2S/c17-6-10-21-16-13-4-2-8-19-14(13)12(5-7-18)11-3-1-9-20-15(11)16/h1-10,18H2. The summed E-state index contributed by atoms with van der Waals surface area (Å²) >= 11 is 1.57. The van der Waals surface area contributed by atoms with Gasteiger partial charge >= 0.3 is 0 Å². The van der Waals surface area contributed by atoms with E-state index in [0.29, 0.717) is 12.3 Å². The summed E-state index contributed by atoms with van der Waals surface area (Å²) in [6.07, 6.45) is 4.85. The number of hydrogen-bond donors (Lipinski definition) is 1. The molecule has 21 heavy (non-hydrogen) atoms. The predicted octanol–water partition coefficient (Wildman–Crippen LogP) is 2.90. The molecule has 5 heteroatoms. The molecule has 2 aliphatic rings. The molecule has 0 fully saturated rings. The number of thioether (sulfide) groups is 1. The first-order chi connectivity index (χ1) is 10.4. The highest BCUT2D eigenvalue weighted by atomic mass is 32.2. The van der Waals surface area contributed by atoms with Crippen LogP contribution in [-0.4, -0.2) is 32.2 Å². The third-order valence-electron chi connectivity index (χ3n) is 4.02. The van der Waals surface area contributed by atoms with Gasteiger partial charge in [0.25, 0.3) is 0 Å². The Morgan fingerprint density at radius 1 is 1.05 bits per heavy atom.